The van der Waals surface area contributed by atoms with Crippen molar-refractivity contribution in [1.29, 1.82) is 0 Å². The van der Waals surface area contributed by atoms with E-state index in [0.717, 1.165) is 24.8 Å². The van der Waals surface area contributed by atoms with Crippen LogP contribution in [0.3, 0.4) is 0 Å². The van der Waals surface area contributed by atoms with Gasteiger partial charge in [0.05, 0.1) is 0 Å². The van der Waals surface area contributed by atoms with Crippen molar-refractivity contribution in [2.75, 3.05) is 6.54 Å². The summed E-state index contributed by atoms with van der Waals surface area (Å²) in [6, 6.07) is 7.33. The third kappa shape index (κ3) is 9.42. The maximum atomic E-state index is 11.9. The fraction of sp³-hybridized carbons (Fsp3) is 0.600. The Bertz CT molecular complexity index is 564. The number of ether oxygens (including phenoxy) is 2. The van der Waals surface area contributed by atoms with E-state index in [-0.39, 0.29) is 6.61 Å². The van der Waals surface area contributed by atoms with Gasteiger partial charge in [-0.15, -0.1) is 0 Å². The van der Waals surface area contributed by atoms with Crippen molar-refractivity contribution in [2.45, 2.75) is 71.6 Å². The standard InChI is InChI=1S/C20H32N2O4/c1-5-15-9-11-16(12-10-15)14-25-18(23)17(21)8-6-7-13-22-19(24)26-20(2,3)4/h9-12,17H,5-8,13-14,21H2,1-4H3,(H,22,24). The topological polar surface area (TPSA) is 90.6 Å². The van der Waals surface area contributed by atoms with Crippen LogP contribution >= 0.6 is 0 Å². The summed E-state index contributed by atoms with van der Waals surface area (Å²) in [7, 11) is 0. The molecular weight excluding hydrogens is 332 g/mol. The average molecular weight is 364 g/mol. The van der Waals surface area contributed by atoms with E-state index in [9.17, 15) is 9.59 Å². The van der Waals surface area contributed by atoms with E-state index >= 15 is 0 Å². The third-order valence-corrected chi connectivity index (χ3v) is 3.73. The molecule has 1 aromatic carbocycles. The molecule has 6 heteroatoms. The van der Waals surface area contributed by atoms with E-state index in [0.29, 0.717) is 13.0 Å². The zero-order valence-electron chi connectivity index (χ0n) is 16.3. The molecule has 6 nitrogen and oxygen atoms in total. The van der Waals surface area contributed by atoms with Gasteiger partial charge in [-0.2, -0.15) is 0 Å². The number of esters is 1. The Hall–Kier alpha value is -2.08. The van der Waals surface area contributed by atoms with Crippen LogP contribution < -0.4 is 11.1 Å². The first-order chi connectivity index (χ1) is 12.2. The lowest BCUT2D eigenvalue weighted by atomic mass is 10.1. The van der Waals surface area contributed by atoms with Crippen molar-refractivity contribution in [3.05, 3.63) is 35.4 Å². The number of carbonyl (C=O) groups is 2. The second-order valence-corrected chi connectivity index (χ2v) is 7.31. The van der Waals surface area contributed by atoms with Crippen LogP contribution in [0.1, 0.15) is 58.1 Å². The van der Waals surface area contributed by atoms with Gasteiger partial charge in [0.1, 0.15) is 18.2 Å². The fourth-order valence-corrected chi connectivity index (χ4v) is 2.24. The number of unbranched alkanes of at least 4 members (excludes halogenated alkanes) is 1. The number of benzene rings is 1. The third-order valence-electron chi connectivity index (χ3n) is 3.73. The average Bonchev–Trinajstić information content (AvgIpc) is 2.58. The highest BCUT2D eigenvalue weighted by atomic mass is 16.6. The number of alkyl carbamates (subject to hydrolysis) is 1. The first kappa shape index (κ1) is 22.0. The largest absolute Gasteiger partial charge is 0.460 e. The minimum absolute atomic E-state index is 0.233. The van der Waals surface area contributed by atoms with Gasteiger partial charge in [-0.05, 0) is 57.6 Å². The molecule has 0 saturated carbocycles. The van der Waals surface area contributed by atoms with Crippen LogP contribution in [0.4, 0.5) is 4.79 Å². The molecule has 146 valence electrons. The van der Waals surface area contributed by atoms with Gasteiger partial charge in [0, 0.05) is 6.54 Å². The second-order valence-electron chi connectivity index (χ2n) is 7.31. The monoisotopic (exact) mass is 364 g/mol. The Morgan fingerprint density at radius 1 is 1.12 bits per heavy atom. The molecule has 0 bridgehead atoms. The predicted octanol–water partition coefficient (Wildman–Crippen LogP) is 3.31. The molecule has 0 heterocycles. The predicted molar refractivity (Wildman–Crippen MR) is 102 cm³/mol. The lowest BCUT2D eigenvalue weighted by Crippen LogP contribution is -2.34. The van der Waals surface area contributed by atoms with E-state index in [1.54, 1.807) is 0 Å². The number of carbonyl (C=O) groups excluding carboxylic acids is 2. The van der Waals surface area contributed by atoms with Crippen molar-refractivity contribution >= 4 is 12.1 Å². The molecule has 0 aliphatic carbocycles. The maximum absolute atomic E-state index is 11.9. The fourth-order valence-electron chi connectivity index (χ4n) is 2.24. The minimum atomic E-state index is -0.647. The maximum Gasteiger partial charge on any atom is 0.407 e. The van der Waals surface area contributed by atoms with Gasteiger partial charge < -0.3 is 20.5 Å². The van der Waals surface area contributed by atoms with Crippen LogP contribution in [-0.4, -0.2) is 30.3 Å². The second kappa shape index (κ2) is 10.8. The summed E-state index contributed by atoms with van der Waals surface area (Å²) in [6.07, 6.45) is 2.50. The van der Waals surface area contributed by atoms with Crippen LogP contribution in [0.5, 0.6) is 0 Å². The van der Waals surface area contributed by atoms with Gasteiger partial charge in [-0.1, -0.05) is 31.2 Å². The van der Waals surface area contributed by atoms with E-state index < -0.39 is 23.7 Å². The quantitative estimate of drug-likeness (QED) is 0.518. The molecule has 1 unspecified atom stereocenters. The molecular formula is C20H32N2O4. The molecule has 26 heavy (non-hydrogen) atoms. The Morgan fingerprint density at radius 2 is 1.73 bits per heavy atom. The molecule has 0 aliphatic heterocycles. The highest BCUT2D eigenvalue weighted by Gasteiger charge is 2.16. The van der Waals surface area contributed by atoms with Gasteiger partial charge in [0.25, 0.3) is 0 Å². The minimum Gasteiger partial charge on any atom is -0.460 e. The summed E-state index contributed by atoms with van der Waals surface area (Å²) in [5, 5.41) is 2.68. The van der Waals surface area contributed by atoms with Gasteiger partial charge in [-0.25, -0.2) is 4.79 Å². The molecule has 1 atom stereocenters. The number of nitrogens with two attached hydrogens (primary N) is 1. The Labute approximate surface area is 156 Å². The molecule has 0 fully saturated rings. The molecule has 0 aliphatic rings. The van der Waals surface area contributed by atoms with Crippen molar-refractivity contribution in [3.63, 3.8) is 0 Å². The molecule has 0 spiro atoms. The highest BCUT2D eigenvalue weighted by molar-refractivity contribution is 5.75. The zero-order chi connectivity index (χ0) is 19.6. The van der Waals surface area contributed by atoms with Crippen molar-refractivity contribution in [2.24, 2.45) is 5.73 Å². The molecule has 1 aromatic rings. The van der Waals surface area contributed by atoms with Gasteiger partial charge in [0.15, 0.2) is 0 Å². The molecule has 1 amide bonds. The van der Waals surface area contributed by atoms with Crippen LogP contribution in [0.25, 0.3) is 0 Å². The summed E-state index contributed by atoms with van der Waals surface area (Å²) in [4.78, 5) is 23.4. The zero-order valence-corrected chi connectivity index (χ0v) is 16.3. The molecule has 0 radical (unpaired) electrons. The first-order valence-corrected chi connectivity index (χ1v) is 9.18. The summed E-state index contributed by atoms with van der Waals surface area (Å²) in [5.74, 6) is -0.398. The summed E-state index contributed by atoms with van der Waals surface area (Å²) >= 11 is 0. The number of nitrogens with one attached hydrogen (secondary N) is 1. The number of hydrogen-bond acceptors (Lipinski definition) is 5. The molecule has 3 N–H and O–H groups in total. The van der Waals surface area contributed by atoms with Gasteiger partial charge in [-0.3, -0.25) is 4.79 Å². The van der Waals surface area contributed by atoms with Crippen LogP contribution in [0.15, 0.2) is 24.3 Å². The van der Waals surface area contributed by atoms with Crippen molar-refractivity contribution in [1.82, 2.24) is 5.32 Å². The number of aryl methyl sites for hydroxylation is 1. The van der Waals surface area contributed by atoms with Gasteiger partial charge >= 0.3 is 12.1 Å². The smallest absolute Gasteiger partial charge is 0.407 e. The van der Waals surface area contributed by atoms with E-state index in [1.807, 2.05) is 45.0 Å². The molecule has 0 saturated heterocycles. The summed E-state index contributed by atoms with van der Waals surface area (Å²) in [6.45, 7) is 8.26. The van der Waals surface area contributed by atoms with Crippen LogP contribution in [0.2, 0.25) is 0 Å². The van der Waals surface area contributed by atoms with E-state index in [4.69, 9.17) is 15.2 Å². The summed E-state index contributed by atoms with van der Waals surface area (Å²) in [5.41, 5.74) is 7.55. The van der Waals surface area contributed by atoms with E-state index in [1.165, 1.54) is 5.56 Å². The molecule has 1 rings (SSSR count). The first-order valence-electron chi connectivity index (χ1n) is 9.18. The lowest BCUT2D eigenvalue weighted by Gasteiger charge is -2.19. The highest BCUT2D eigenvalue weighted by Crippen LogP contribution is 2.09. The number of rotatable bonds is 9. The normalized spacial score (nSPS) is 12.3. The molecule has 0 aromatic heterocycles. The van der Waals surface area contributed by atoms with Crippen molar-refractivity contribution < 1.29 is 19.1 Å². The SMILES string of the molecule is CCc1ccc(COC(=O)C(N)CCCCNC(=O)OC(C)(C)C)cc1. The Balaban J connectivity index is 2.17. The van der Waals surface area contributed by atoms with Crippen LogP contribution in [0, 0.1) is 0 Å². The van der Waals surface area contributed by atoms with Gasteiger partial charge in [0.2, 0.25) is 0 Å². The van der Waals surface area contributed by atoms with Crippen molar-refractivity contribution in [3.8, 4) is 0 Å². The Kier molecular flexibility index (Phi) is 9.13. The van der Waals surface area contributed by atoms with E-state index in [2.05, 4.69) is 12.2 Å². The number of amides is 1. The van der Waals surface area contributed by atoms with Crippen LogP contribution in [-0.2, 0) is 27.3 Å². The Morgan fingerprint density at radius 3 is 2.31 bits per heavy atom. The number of hydrogen-bond donors (Lipinski definition) is 2. The summed E-state index contributed by atoms with van der Waals surface area (Å²) < 4.78 is 10.4. The lowest BCUT2D eigenvalue weighted by molar-refractivity contribution is -0.146.